The Labute approximate surface area is 131 Å². The minimum atomic E-state index is -0.689. The topological polar surface area (TPSA) is 70.6 Å². The summed E-state index contributed by atoms with van der Waals surface area (Å²) in [6, 6.07) is 10.2. The molecule has 22 heavy (non-hydrogen) atoms. The summed E-state index contributed by atoms with van der Waals surface area (Å²) in [5.41, 5.74) is 4.35. The normalized spacial score (nSPS) is 15.6. The molecule has 0 spiro atoms. The van der Waals surface area contributed by atoms with Gasteiger partial charge in [0.25, 0.3) is 0 Å². The molecule has 0 unspecified atom stereocenters. The molecule has 0 aromatic heterocycles. The van der Waals surface area contributed by atoms with E-state index in [2.05, 4.69) is 28.0 Å². The summed E-state index contributed by atoms with van der Waals surface area (Å²) in [5.74, 6) is -1.28. The largest absolute Gasteiger partial charge is 0.345 e. The third-order valence-corrected chi connectivity index (χ3v) is 3.86. The van der Waals surface area contributed by atoms with Crippen molar-refractivity contribution in [3.8, 4) is 0 Å². The van der Waals surface area contributed by atoms with Crippen LogP contribution in [0.25, 0.3) is 0 Å². The molecule has 0 heterocycles. The molecule has 5 heteroatoms. The molecule has 118 valence electrons. The molecule has 2 amide bonds. The summed E-state index contributed by atoms with van der Waals surface area (Å²) < 4.78 is 0. The standard InChI is InChI=1S/C17H23N3O2/c1-13(11-12-14-7-3-2-4-8-14)19-20-17(22)16(21)18-15-9-5-6-10-15/h2-4,7-8,15H,5-6,9-12H2,1H3,(H,18,21)(H,20,22)/b19-13-. The van der Waals surface area contributed by atoms with Gasteiger partial charge in [0.2, 0.25) is 0 Å². The number of hydrogen-bond acceptors (Lipinski definition) is 3. The molecule has 0 saturated heterocycles. The zero-order chi connectivity index (χ0) is 15.8. The lowest BCUT2D eigenvalue weighted by atomic mass is 10.1. The number of hydrazone groups is 1. The summed E-state index contributed by atoms with van der Waals surface area (Å²) in [5, 5.41) is 6.73. The lowest BCUT2D eigenvalue weighted by Gasteiger charge is -2.10. The Balaban J connectivity index is 1.72. The van der Waals surface area contributed by atoms with E-state index in [9.17, 15) is 9.59 Å². The predicted octanol–water partition coefficient (Wildman–Crippen LogP) is 2.17. The third-order valence-electron chi connectivity index (χ3n) is 3.86. The Bertz CT molecular complexity index is 534. The van der Waals surface area contributed by atoms with Crippen LogP contribution in [0, 0.1) is 0 Å². The lowest BCUT2D eigenvalue weighted by molar-refractivity contribution is -0.139. The Hall–Kier alpha value is -2.17. The van der Waals surface area contributed by atoms with Gasteiger partial charge in [-0.05, 0) is 38.2 Å². The van der Waals surface area contributed by atoms with E-state index in [1.807, 2.05) is 25.1 Å². The van der Waals surface area contributed by atoms with Crippen LogP contribution in [-0.4, -0.2) is 23.6 Å². The average molecular weight is 301 g/mol. The lowest BCUT2D eigenvalue weighted by Crippen LogP contribution is -2.42. The molecule has 1 saturated carbocycles. The molecule has 0 radical (unpaired) electrons. The molecular weight excluding hydrogens is 278 g/mol. The van der Waals surface area contributed by atoms with Gasteiger partial charge < -0.3 is 5.32 Å². The zero-order valence-corrected chi connectivity index (χ0v) is 13.0. The Morgan fingerprint density at radius 3 is 2.50 bits per heavy atom. The molecule has 1 fully saturated rings. The van der Waals surface area contributed by atoms with E-state index in [-0.39, 0.29) is 6.04 Å². The van der Waals surface area contributed by atoms with Crippen molar-refractivity contribution in [1.82, 2.24) is 10.7 Å². The molecule has 2 rings (SSSR count). The van der Waals surface area contributed by atoms with Crippen LogP contribution >= 0.6 is 0 Å². The number of carbonyl (C=O) groups excluding carboxylic acids is 2. The maximum atomic E-state index is 11.7. The van der Waals surface area contributed by atoms with Crippen LogP contribution in [0.5, 0.6) is 0 Å². The Morgan fingerprint density at radius 2 is 1.82 bits per heavy atom. The van der Waals surface area contributed by atoms with Gasteiger partial charge in [0.05, 0.1) is 0 Å². The molecule has 1 aromatic rings. The number of aryl methyl sites for hydroxylation is 1. The van der Waals surface area contributed by atoms with E-state index in [0.717, 1.165) is 44.2 Å². The highest BCUT2D eigenvalue weighted by molar-refractivity contribution is 6.35. The third kappa shape index (κ3) is 5.31. The van der Waals surface area contributed by atoms with Gasteiger partial charge in [0.15, 0.2) is 0 Å². The van der Waals surface area contributed by atoms with Gasteiger partial charge in [-0.15, -0.1) is 0 Å². The van der Waals surface area contributed by atoms with Crippen molar-refractivity contribution in [2.24, 2.45) is 5.10 Å². The summed E-state index contributed by atoms with van der Waals surface area (Å²) in [6.45, 7) is 1.85. The monoisotopic (exact) mass is 301 g/mol. The number of carbonyl (C=O) groups is 2. The first kappa shape index (κ1) is 16.2. The SMILES string of the molecule is C/C(CCc1ccccc1)=N/NC(=O)C(=O)NC1CCCC1. The fourth-order valence-electron chi connectivity index (χ4n) is 2.54. The maximum absolute atomic E-state index is 11.7. The first-order chi connectivity index (χ1) is 10.6. The highest BCUT2D eigenvalue weighted by atomic mass is 16.2. The van der Waals surface area contributed by atoms with Crippen LogP contribution in [0.2, 0.25) is 0 Å². The highest BCUT2D eigenvalue weighted by Crippen LogP contribution is 2.17. The Kier molecular flexibility index (Phi) is 6.13. The second-order valence-corrected chi connectivity index (χ2v) is 5.73. The number of nitrogens with zero attached hydrogens (tertiary/aromatic N) is 1. The minimum Gasteiger partial charge on any atom is -0.345 e. The minimum absolute atomic E-state index is 0.140. The van der Waals surface area contributed by atoms with Gasteiger partial charge in [-0.1, -0.05) is 43.2 Å². The molecule has 2 N–H and O–H groups in total. The van der Waals surface area contributed by atoms with E-state index < -0.39 is 11.8 Å². The number of rotatable bonds is 5. The number of nitrogens with one attached hydrogen (secondary N) is 2. The van der Waals surface area contributed by atoms with E-state index in [0.29, 0.717) is 0 Å². The van der Waals surface area contributed by atoms with Crippen molar-refractivity contribution in [2.45, 2.75) is 51.5 Å². The molecule has 0 aliphatic heterocycles. The van der Waals surface area contributed by atoms with E-state index >= 15 is 0 Å². The van der Waals surface area contributed by atoms with Crippen molar-refractivity contribution in [3.63, 3.8) is 0 Å². The van der Waals surface area contributed by atoms with Crippen molar-refractivity contribution < 1.29 is 9.59 Å². The van der Waals surface area contributed by atoms with Crippen LogP contribution < -0.4 is 10.7 Å². The van der Waals surface area contributed by atoms with Crippen molar-refractivity contribution in [1.29, 1.82) is 0 Å². The van der Waals surface area contributed by atoms with Crippen LogP contribution in [0.1, 0.15) is 44.6 Å². The van der Waals surface area contributed by atoms with Crippen LogP contribution in [0.3, 0.4) is 0 Å². The predicted molar refractivity (Wildman–Crippen MR) is 86.4 cm³/mol. The van der Waals surface area contributed by atoms with Crippen molar-refractivity contribution >= 4 is 17.5 Å². The summed E-state index contributed by atoms with van der Waals surface area (Å²) in [7, 11) is 0. The number of hydrogen-bond donors (Lipinski definition) is 2. The van der Waals surface area contributed by atoms with Gasteiger partial charge in [-0.3, -0.25) is 9.59 Å². The molecular formula is C17H23N3O2. The van der Waals surface area contributed by atoms with Gasteiger partial charge >= 0.3 is 11.8 Å². The number of amides is 2. The highest BCUT2D eigenvalue weighted by Gasteiger charge is 2.21. The zero-order valence-electron chi connectivity index (χ0n) is 13.0. The second-order valence-electron chi connectivity index (χ2n) is 5.73. The molecule has 1 aliphatic carbocycles. The molecule has 0 atom stereocenters. The summed E-state index contributed by atoms with van der Waals surface area (Å²) in [4.78, 5) is 23.4. The summed E-state index contributed by atoms with van der Waals surface area (Å²) in [6.07, 6.45) is 5.75. The first-order valence-electron chi connectivity index (χ1n) is 7.83. The van der Waals surface area contributed by atoms with Crippen LogP contribution in [0.4, 0.5) is 0 Å². The maximum Gasteiger partial charge on any atom is 0.329 e. The number of benzene rings is 1. The average Bonchev–Trinajstić information content (AvgIpc) is 3.04. The van der Waals surface area contributed by atoms with E-state index in [1.165, 1.54) is 5.56 Å². The fraction of sp³-hybridized carbons (Fsp3) is 0.471. The molecule has 5 nitrogen and oxygen atoms in total. The fourth-order valence-corrected chi connectivity index (χ4v) is 2.54. The first-order valence-corrected chi connectivity index (χ1v) is 7.83. The van der Waals surface area contributed by atoms with Crippen LogP contribution in [0.15, 0.2) is 35.4 Å². The van der Waals surface area contributed by atoms with E-state index in [1.54, 1.807) is 0 Å². The molecule has 1 aliphatic rings. The van der Waals surface area contributed by atoms with Gasteiger partial charge in [-0.2, -0.15) is 5.10 Å². The molecule has 1 aromatic carbocycles. The van der Waals surface area contributed by atoms with Crippen LogP contribution in [-0.2, 0) is 16.0 Å². The van der Waals surface area contributed by atoms with Crippen molar-refractivity contribution in [2.75, 3.05) is 0 Å². The van der Waals surface area contributed by atoms with Crippen molar-refractivity contribution in [3.05, 3.63) is 35.9 Å². The molecule has 0 bridgehead atoms. The van der Waals surface area contributed by atoms with Gasteiger partial charge in [0.1, 0.15) is 0 Å². The quantitative estimate of drug-likeness (QED) is 0.497. The van der Waals surface area contributed by atoms with Gasteiger partial charge in [0, 0.05) is 11.8 Å². The summed E-state index contributed by atoms with van der Waals surface area (Å²) >= 11 is 0. The Morgan fingerprint density at radius 1 is 1.14 bits per heavy atom. The second kappa shape index (κ2) is 8.32. The smallest absolute Gasteiger partial charge is 0.329 e. The van der Waals surface area contributed by atoms with E-state index in [4.69, 9.17) is 0 Å². The van der Waals surface area contributed by atoms with Gasteiger partial charge in [-0.25, -0.2) is 5.43 Å².